The molecule has 5 heteroatoms. The van der Waals surface area contributed by atoms with Gasteiger partial charge in [0.05, 0.1) is 6.54 Å². The molecule has 0 spiro atoms. The maximum absolute atomic E-state index is 11.9. The summed E-state index contributed by atoms with van der Waals surface area (Å²) in [5.41, 5.74) is 0.684. The van der Waals surface area contributed by atoms with Crippen molar-refractivity contribution < 1.29 is 4.79 Å². The van der Waals surface area contributed by atoms with E-state index in [0.29, 0.717) is 24.7 Å². The van der Waals surface area contributed by atoms with Crippen LogP contribution in [0.4, 0.5) is 0 Å². The number of amides is 1. The molecule has 1 amide bonds. The van der Waals surface area contributed by atoms with E-state index < -0.39 is 0 Å². The maximum Gasteiger partial charge on any atom is 0.251 e. The number of aliphatic imine (C=N–C) groups is 1. The van der Waals surface area contributed by atoms with Crippen LogP contribution in [0.1, 0.15) is 49.4 Å². The summed E-state index contributed by atoms with van der Waals surface area (Å²) in [6.07, 6.45) is 6.37. The van der Waals surface area contributed by atoms with Gasteiger partial charge in [-0.05, 0) is 31.9 Å². The second kappa shape index (κ2) is 9.87. The van der Waals surface area contributed by atoms with Crippen molar-refractivity contribution in [3.8, 4) is 0 Å². The summed E-state index contributed by atoms with van der Waals surface area (Å²) in [6, 6.07) is 9.79. The first-order valence-electron chi connectivity index (χ1n) is 8.67. The number of nitrogens with zero attached hydrogens (tertiary/aromatic N) is 1. The van der Waals surface area contributed by atoms with Crippen molar-refractivity contribution in [1.29, 1.82) is 0 Å². The Labute approximate surface area is 139 Å². The second-order valence-electron chi connectivity index (χ2n) is 5.86. The van der Waals surface area contributed by atoms with Crippen LogP contribution >= 0.6 is 0 Å². The molecule has 1 aromatic rings. The maximum atomic E-state index is 11.9. The lowest BCUT2D eigenvalue weighted by Gasteiger charge is -2.24. The number of hydrogen-bond acceptors (Lipinski definition) is 2. The molecule has 0 atom stereocenters. The van der Waals surface area contributed by atoms with Gasteiger partial charge < -0.3 is 16.0 Å². The molecule has 0 heterocycles. The molecule has 1 saturated carbocycles. The Morgan fingerprint density at radius 2 is 1.87 bits per heavy atom. The van der Waals surface area contributed by atoms with Gasteiger partial charge in [-0.25, -0.2) is 0 Å². The van der Waals surface area contributed by atoms with E-state index in [0.717, 1.165) is 12.5 Å². The predicted octanol–water partition coefficient (Wildman–Crippen LogP) is 2.30. The summed E-state index contributed by atoms with van der Waals surface area (Å²) in [5, 5.41) is 9.68. The molecule has 0 saturated heterocycles. The molecule has 1 fully saturated rings. The summed E-state index contributed by atoms with van der Waals surface area (Å²) in [6.45, 7) is 4.01. The molecule has 3 N–H and O–H groups in total. The smallest absolute Gasteiger partial charge is 0.251 e. The Balaban J connectivity index is 1.75. The normalized spacial score (nSPS) is 16.0. The van der Waals surface area contributed by atoms with Crippen LogP contribution in [0, 0.1) is 0 Å². The molecule has 0 aromatic heterocycles. The number of hydrogen-bond donors (Lipinski definition) is 3. The topological polar surface area (TPSA) is 65.5 Å². The van der Waals surface area contributed by atoms with Crippen molar-refractivity contribution in [1.82, 2.24) is 16.0 Å². The fourth-order valence-corrected chi connectivity index (χ4v) is 2.79. The average molecular weight is 316 g/mol. The monoisotopic (exact) mass is 316 g/mol. The van der Waals surface area contributed by atoms with E-state index in [9.17, 15) is 4.79 Å². The first kappa shape index (κ1) is 17.3. The molecular weight excluding hydrogens is 288 g/mol. The van der Waals surface area contributed by atoms with Crippen LogP contribution in [0.15, 0.2) is 35.3 Å². The number of guanidine groups is 1. The third kappa shape index (κ3) is 6.30. The molecule has 0 bridgehead atoms. The fraction of sp³-hybridized carbons (Fsp3) is 0.556. The highest BCUT2D eigenvalue weighted by Crippen LogP contribution is 2.17. The van der Waals surface area contributed by atoms with Gasteiger partial charge in [-0.3, -0.25) is 9.79 Å². The number of rotatable bonds is 6. The molecule has 5 nitrogen and oxygen atoms in total. The summed E-state index contributed by atoms with van der Waals surface area (Å²) in [7, 11) is 0. The highest BCUT2D eigenvalue weighted by Gasteiger charge is 2.14. The van der Waals surface area contributed by atoms with Gasteiger partial charge in [-0.1, -0.05) is 37.5 Å². The zero-order valence-corrected chi connectivity index (χ0v) is 14.0. The molecule has 0 radical (unpaired) electrons. The van der Waals surface area contributed by atoms with Crippen molar-refractivity contribution in [2.75, 3.05) is 19.6 Å². The van der Waals surface area contributed by atoms with Crippen molar-refractivity contribution in [3.05, 3.63) is 35.9 Å². The van der Waals surface area contributed by atoms with Crippen LogP contribution in [0.3, 0.4) is 0 Å². The van der Waals surface area contributed by atoms with Gasteiger partial charge >= 0.3 is 0 Å². The molecule has 1 aromatic carbocycles. The highest BCUT2D eigenvalue weighted by atomic mass is 16.1. The SMILES string of the molecule is CCNC(=NCCNC(=O)c1ccccc1)NC1CCCCC1. The summed E-state index contributed by atoms with van der Waals surface area (Å²) in [5.74, 6) is 0.805. The van der Waals surface area contributed by atoms with Crippen molar-refractivity contribution in [3.63, 3.8) is 0 Å². The molecule has 0 aliphatic heterocycles. The molecule has 0 unspecified atom stereocenters. The van der Waals surface area contributed by atoms with E-state index in [1.807, 2.05) is 30.3 Å². The van der Waals surface area contributed by atoms with E-state index in [-0.39, 0.29) is 5.91 Å². The minimum Gasteiger partial charge on any atom is -0.357 e. The Hall–Kier alpha value is -2.04. The van der Waals surface area contributed by atoms with E-state index in [4.69, 9.17) is 0 Å². The molecule has 23 heavy (non-hydrogen) atoms. The van der Waals surface area contributed by atoms with Gasteiger partial charge in [-0.15, -0.1) is 0 Å². The predicted molar refractivity (Wildman–Crippen MR) is 94.8 cm³/mol. The molecule has 1 aliphatic carbocycles. The van der Waals surface area contributed by atoms with Gasteiger partial charge in [0.15, 0.2) is 5.96 Å². The van der Waals surface area contributed by atoms with Gasteiger partial charge in [0.2, 0.25) is 0 Å². The van der Waals surface area contributed by atoms with Gasteiger partial charge in [0.25, 0.3) is 5.91 Å². The van der Waals surface area contributed by atoms with Crippen LogP contribution in [-0.2, 0) is 0 Å². The minimum atomic E-state index is -0.0500. The summed E-state index contributed by atoms with van der Waals surface area (Å²) in [4.78, 5) is 16.5. The van der Waals surface area contributed by atoms with E-state index >= 15 is 0 Å². The van der Waals surface area contributed by atoms with E-state index in [1.165, 1.54) is 32.1 Å². The molecule has 2 rings (SSSR count). The summed E-state index contributed by atoms with van der Waals surface area (Å²) < 4.78 is 0. The largest absolute Gasteiger partial charge is 0.357 e. The van der Waals surface area contributed by atoms with Crippen LogP contribution in [0.2, 0.25) is 0 Å². The third-order valence-electron chi connectivity index (χ3n) is 3.99. The third-order valence-corrected chi connectivity index (χ3v) is 3.99. The molecular formula is C18H28N4O. The summed E-state index contributed by atoms with van der Waals surface area (Å²) >= 11 is 0. The first-order valence-corrected chi connectivity index (χ1v) is 8.67. The van der Waals surface area contributed by atoms with E-state index in [2.05, 4.69) is 27.9 Å². The minimum absolute atomic E-state index is 0.0500. The zero-order valence-electron chi connectivity index (χ0n) is 14.0. The Bertz CT molecular complexity index is 495. The van der Waals surface area contributed by atoms with Crippen LogP contribution in [0.25, 0.3) is 0 Å². The zero-order chi connectivity index (χ0) is 16.3. The Morgan fingerprint density at radius 3 is 2.57 bits per heavy atom. The van der Waals surface area contributed by atoms with Gasteiger partial charge in [0.1, 0.15) is 0 Å². The van der Waals surface area contributed by atoms with Crippen LogP contribution < -0.4 is 16.0 Å². The van der Waals surface area contributed by atoms with Crippen LogP contribution in [0.5, 0.6) is 0 Å². The quantitative estimate of drug-likeness (QED) is 0.429. The van der Waals surface area contributed by atoms with Crippen LogP contribution in [-0.4, -0.2) is 37.5 Å². The lowest BCUT2D eigenvalue weighted by molar-refractivity contribution is 0.0955. The lowest BCUT2D eigenvalue weighted by Crippen LogP contribution is -2.44. The van der Waals surface area contributed by atoms with Gasteiger partial charge in [0, 0.05) is 24.7 Å². The number of benzene rings is 1. The number of nitrogens with one attached hydrogen (secondary N) is 3. The number of carbonyl (C=O) groups is 1. The Kier molecular flexibility index (Phi) is 7.43. The second-order valence-corrected chi connectivity index (χ2v) is 5.86. The van der Waals surface area contributed by atoms with Gasteiger partial charge in [-0.2, -0.15) is 0 Å². The Morgan fingerprint density at radius 1 is 1.13 bits per heavy atom. The van der Waals surface area contributed by atoms with Crippen molar-refractivity contribution in [2.45, 2.75) is 45.1 Å². The lowest BCUT2D eigenvalue weighted by atomic mass is 9.96. The van der Waals surface area contributed by atoms with E-state index in [1.54, 1.807) is 0 Å². The van der Waals surface area contributed by atoms with Crippen molar-refractivity contribution >= 4 is 11.9 Å². The standard InChI is InChI=1S/C18H28N4O/c1-2-19-18(22-16-11-7-4-8-12-16)21-14-13-20-17(23)15-9-5-3-6-10-15/h3,5-6,9-10,16H,2,4,7-8,11-14H2,1H3,(H,20,23)(H2,19,21,22). The van der Waals surface area contributed by atoms with Crippen molar-refractivity contribution in [2.24, 2.45) is 4.99 Å². The molecule has 1 aliphatic rings. The molecule has 126 valence electrons. The first-order chi connectivity index (χ1) is 11.3. The highest BCUT2D eigenvalue weighted by molar-refractivity contribution is 5.94. The fourth-order valence-electron chi connectivity index (χ4n) is 2.79. The number of carbonyl (C=O) groups excluding carboxylic acids is 1. The average Bonchev–Trinajstić information content (AvgIpc) is 2.60.